The Morgan fingerprint density at radius 3 is 2.48 bits per heavy atom. The van der Waals surface area contributed by atoms with Gasteiger partial charge in [0.1, 0.15) is 17.3 Å². The number of hydrogen-bond acceptors (Lipinski definition) is 3. The van der Waals surface area contributed by atoms with E-state index in [4.69, 9.17) is 21.4 Å². The van der Waals surface area contributed by atoms with Gasteiger partial charge < -0.3 is 15.2 Å². The molecule has 7 heteroatoms. The first-order valence-corrected chi connectivity index (χ1v) is 9.28. The monoisotopic (exact) mass is 392 g/mol. The third-order valence-electron chi connectivity index (χ3n) is 4.71. The minimum absolute atomic E-state index is 0.0696. The van der Waals surface area contributed by atoms with Gasteiger partial charge in [-0.15, -0.1) is 0 Å². The highest BCUT2D eigenvalue weighted by Crippen LogP contribution is 2.26. The summed E-state index contributed by atoms with van der Waals surface area (Å²) in [7, 11) is 0. The van der Waals surface area contributed by atoms with Crippen molar-refractivity contribution in [3.05, 3.63) is 58.9 Å². The maximum atomic E-state index is 13.5. The van der Waals surface area contributed by atoms with Gasteiger partial charge in [0.05, 0.1) is 5.02 Å². The van der Waals surface area contributed by atoms with Gasteiger partial charge in [0.2, 0.25) is 0 Å². The number of carbonyl (C=O) groups is 1. The Balaban J connectivity index is 1.48. The minimum Gasteiger partial charge on any atom is -0.465 e. The first-order valence-electron chi connectivity index (χ1n) is 8.90. The molecule has 0 aromatic heterocycles. The van der Waals surface area contributed by atoms with Gasteiger partial charge in [-0.05, 0) is 61.7 Å². The van der Waals surface area contributed by atoms with E-state index < -0.39 is 11.9 Å². The Morgan fingerprint density at radius 2 is 1.85 bits per heavy atom. The molecule has 1 aliphatic heterocycles. The third kappa shape index (κ3) is 5.84. The van der Waals surface area contributed by atoms with E-state index in [0.29, 0.717) is 24.0 Å². The van der Waals surface area contributed by atoms with Gasteiger partial charge in [-0.2, -0.15) is 0 Å². The molecule has 1 fully saturated rings. The molecule has 1 saturated heterocycles. The van der Waals surface area contributed by atoms with Gasteiger partial charge in [-0.25, -0.2) is 9.18 Å². The van der Waals surface area contributed by atoms with Crippen molar-refractivity contribution >= 4 is 17.7 Å². The van der Waals surface area contributed by atoms with Crippen LogP contribution in [-0.2, 0) is 6.54 Å². The number of nitrogens with one attached hydrogen (secondary N) is 1. The molecule has 0 bridgehead atoms. The molecular formula is C20H22ClFN2O3. The van der Waals surface area contributed by atoms with Crippen molar-refractivity contribution in [1.82, 2.24) is 10.2 Å². The SMILES string of the molecule is O=C(O)NCC1CCN(Cc2ccc(Oc3ccc(Cl)c(F)c3)cc2)CC1. The quantitative estimate of drug-likeness (QED) is 0.744. The highest BCUT2D eigenvalue weighted by Gasteiger charge is 2.19. The lowest BCUT2D eigenvalue weighted by Crippen LogP contribution is -2.37. The lowest BCUT2D eigenvalue weighted by atomic mass is 9.96. The van der Waals surface area contributed by atoms with Crippen molar-refractivity contribution in [1.29, 1.82) is 0 Å². The molecule has 0 unspecified atom stereocenters. The maximum Gasteiger partial charge on any atom is 0.404 e. The highest BCUT2D eigenvalue weighted by molar-refractivity contribution is 6.30. The molecule has 5 nitrogen and oxygen atoms in total. The summed E-state index contributed by atoms with van der Waals surface area (Å²) >= 11 is 5.67. The van der Waals surface area contributed by atoms with E-state index in [1.807, 2.05) is 24.3 Å². The van der Waals surface area contributed by atoms with E-state index in [0.717, 1.165) is 32.5 Å². The molecule has 2 N–H and O–H groups in total. The summed E-state index contributed by atoms with van der Waals surface area (Å²) in [4.78, 5) is 12.9. The van der Waals surface area contributed by atoms with Crippen molar-refractivity contribution in [3.8, 4) is 11.5 Å². The smallest absolute Gasteiger partial charge is 0.404 e. The average molecular weight is 393 g/mol. The van der Waals surface area contributed by atoms with Crippen LogP contribution in [0, 0.1) is 11.7 Å². The third-order valence-corrected chi connectivity index (χ3v) is 5.01. The van der Waals surface area contributed by atoms with Crippen molar-refractivity contribution in [3.63, 3.8) is 0 Å². The average Bonchev–Trinajstić information content (AvgIpc) is 2.66. The van der Waals surface area contributed by atoms with Gasteiger partial charge in [-0.3, -0.25) is 4.90 Å². The van der Waals surface area contributed by atoms with E-state index in [1.165, 1.54) is 17.7 Å². The van der Waals surface area contributed by atoms with E-state index in [1.54, 1.807) is 6.07 Å². The molecule has 1 amide bonds. The first kappa shape index (κ1) is 19.5. The Labute approximate surface area is 162 Å². The Bertz CT molecular complexity index is 777. The fourth-order valence-corrected chi connectivity index (χ4v) is 3.30. The summed E-state index contributed by atoms with van der Waals surface area (Å²) in [5.74, 6) is 0.946. The number of ether oxygens (including phenoxy) is 1. The van der Waals surface area contributed by atoms with Crippen LogP contribution in [0.25, 0.3) is 0 Å². The number of rotatable bonds is 6. The van der Waals surface area contributed by atoms with Crippen LogP contribution in [0.5, 0.6) is 11.5 Å². The first-order chi connectivity index (χ1) is 13.0. The van der Waals surface area contributed by atoms with E-state index >= 15 is 0 Å². The van der Waals surface area contributed by atoms with Gasteiger partial charge >= 0.3 is 6.09 Å². The van der Waals surface area contributed by atoms with E-state index in [9.17, 15) is 9.18 Å². The lowest BCUT2D eigenvalue weighted by Gasteiger charge is -2.31. The molecule has 144 valence electrons. The van der Waals surface area contributed by atoms with Gasteiger partial charge in [0.25, 0.3) is 0 Å². The van der Waals surface area contributed by atoms with Gasteiger partial charge in [-0.1, -0.05) is 23.7 Å². The molecule has 2 aromatic carbocycles. The predicted octanol–water partition coefficient (Wildman–Crippen LogP) is 4.75. The Hall–Kier alpha value is -2.31. The second kappa shape index (κ2) is 9.06. The molecule has 0 radical (unpaired) electrons. The molecule has 27 heavy (non-hydrogen) atoms. The molecular weight excluding hydrogens is 371 g/mol. The molecule has 3 rings (SSSR count). The van der Waals surface area contributed by atoms with E-state index in [-0.39, 0.29) is 5.02 Å². The summed E-state index contributed by atoms with van der Waals surface area (Å²) in [6.07, 6.45) is 1.02. The fraction of sp³-hybridized carbons (Fsp3) is 0.350. The standard InChI is InChI=1S/C20H22ClFN2O3/c21-18-6-5-17(11-19(18)22)27-16-3-1-15(2-4-16)13-24-9-7-14(8-10-24)12-23-20(25)26/h1-6,11,14,23H,7-10,12-13H2,(H,25,26). The number of carboxylic acid groups (broad SMARTS) is 1. The predicted molar refractivity (Wildman–Crippen MR) is 102 cm³/mol. The van der Waals surface area contributed by atoms with Crippen molar-refractivity contribution in [2.45, 2.75) is 19.4 Å². The molecule has 0 saturated carbocycles. The maximum absolute atomic E-state index is 13.5. The van der Waals surface area contributed by atoms with Crippen LogP contribution in [0.1, 0.15) is 18.4 Å². The van der Waals surface area contributed by atoms with Gasteiger partial charge in [0.15, 0.2) is 0 Å². The summed E-state index contributed by atoms with van der Waals surface area (Å²) < 4.78 is 19.1. The van der Waals surface area contributed by atoms with Crippen LogP contribution in [0.15, 0.2) is 42.5 Å². The summed E-state index contributed by atoms with van der Waals surface area (Å²) in [5, 5.41) is 11.2. The Kier molecular flexibility index (Phi) is 6.53. The molecule has 1 aliphatic rings. The molecule has 0 aliphatic carbocycles. The minimum atomic E-state index is -0.957. The largest absolute Gasteiger partial charge is 0.465 e. The number of piperidine rings is 1. The summed E-state index contributed by atoms with van der Waals surface area (Å²) in [6.45, 7) is 3.28. The van der Waals surface area contributed by atoms with Crippen LogP contribution >= 0.6 is 11.6 Å². The van der Waals surface area contributed by atoms with Crippen LogP contribution in [0.2, 0.25) is 5.02 Å². The number of likely N-dealkylation sites (tertiary alicyclic amines) is 1. The molecule has 2 aromatic rings. The van der Waals surface area contributed by atoms with Crippen LogP contribution in [0.3, 0.4) is 0 Å². The topological polar surface area (TPSA) is 61.8 Å². The Morgan fingerprint density at radius 1 is 1.19 bits per heavy atom. The van der Waals surface area contributed by atoms with E-state index in [2.05, 4.69) is 10.2 Å². The zero-order valence-corrected chi connectivity index (χ0v) is 15.6. The lowest BCUT2D eigenvalue weighted by molar-refractivity contribution is 0.166. The van der Waals surface area contributed by atoms with Crippen LogP contribution in [-0.4, -0.2) is 35.7 Å². The van der Waals surface area contributed by atoms with Crippen molar-refractivity contribution < 1.29 is 19.0 Å². The van der Waals surface area contributed by atoms with Crippen LogP contribution < -0.4 is 10.1 Å². The number of amides is 1. The molecule has 1 heterocycles. The molecule has 0 spiro atoms. The number of benzene rings is 2. The number of nitrogens with zero attached hydrogens (tertiary/aromatic N) is 1. The second-order valence-electron chi connectivity index (χ2n) is 6.73. The molecule has 0 atom stereocenters. The zero-order valence-electron chi connectivity index (χ0n) is 14.8. The second-order valence-corrected chi connectivity index (χ2v) is 7.13. The summed E-state index contributed by atoms with van der Waals surface area (Å²) in [6, 6.07) is 12.1. The summed E-state index contributed by atoms with van der Waals surface area (Å²) in [5.41, 5.74) is 1.17. The van der Waals surface area contributed by atoms with Crippen molar-refractivity contribution in [2.24, 2.45) is 5.92 Å². The zero-order chi connectivity index (χ0) is 19.2. The highest BCUT2D eigenvalue weighted by atomic mass is 35.5. The normalized spacial score (nSPS) is 15.5. The number of halogens is 2. The van der Waals surface area contributed by atoms with Gasteiger partial charge in [0, 0.05) is 19.2 Å². The van der Waals surface area contributed by atoms with Crippen LogP contribution in [0.4, 0.5) is 9.18 Å². The van der Waals surface area contributed by atoms with Crippen molar-refractivity contribution in [2.75, 3.05) is 19.6 Å². The fourth-order valence-electron chi connectivity index (χ4n) is 3.18. The number of hydrogen-bond donors (Lipinski definition) is 2.